The molecule has 0 aliphatic heterocycles. The topological polar surface area (TPSA) is 27.1 Å². The van der Waals surface area contributed by atoms with Crippen molar-refractivity contribution in [1.82, 2.24) is 9.78 Å². The van der Waals surface area contributed by atoms with Crippen molar-refractivity contribution in [3.05, 3.63) is 18.0 Å². The third-order valence-electron chi connectivity index (χ3n) is 1.83. The highest BCUT2D eigenvalue weighted by Crippen LogP contribution is 2.14. The van der Waals surface area contributed by atoms with Gasteiger partial charge in [-0.3, -0.25) is 4.68 Å². The Morgan fingerprint density at radius 2 is 1.75 bits per heavy atom. The number of ether oxygens (including phenoxy) is 1. The first-order valence-corrected chi connectivity index (χ1v) is 6.07. The summed E-state index contributed by atoms with van der Waals surface area (Å²) in [6, 6.07) is 0. The molecule has 0 aliphatic rings. The van der Waals surface area contributed by atoms with Gasteiger partial charge in [0.25, 0.3) is 0 Å². The molecule has 1 rings (SSSR count). The molecule has 0 aliphatic carbocycles. The Kier molecular flexibility index (Phi) is 10.3. The highest BCUT2D eigenvalue weighted by atomic mass is 16.5. The SMILES string of the molecule is CC.CC.COCC(C)(C)n1cc(C)cn1. The van der Waals surface area contributed by atoms with Crippen molar-refractivity contribution in [1.29, 1.82) is 0 Å². The molecule has 1 aromatic rings. The van der Waals surface area contributed by atoms with Gasteiger partial charge in [-0.05, 0) is 26.3 Å². The van der Waals surface area contributed by atoms with Crippen LogP contribution >= 0.6 is 0 Å². The highest BCUT2D eigenvalue weighted by molar-refractivity contribution is 5.01. The van der Waals surface area contributed by atoms with Crippen molar-refractivity contribution in [3.8, 4) is 0 Å². The second kappa shape index (κ2) is 9.40. The third kappa shape index (κ3) is 5.91. The molecule has 0 aromatic carbocycles. The van der Waals surface area contributed by atoms with Gasteiger partial charge in [0.15, 0.2) is 0 Å². The summed E-state index contributed by atoms with van der Waals surface area (Å²) in [6.07, 6.45) is 3.89. The van der Waals surface area contributed by atoms with Crippen molar-refractivity contribution in [2.75, 3.05) is 13.7 Å². The van der Waals surface area contributed by atoms with E-state index >= 15 is 0 Å². The molecule has 0 unspecified atom stereocenters. The van der Waals surface area contributed by atoms with E-state index in [4.69, 9.17) is 4.74 Å². The van der Waals surface area contributed by atoms with Crippen LogP contribution in [-0.2, 0) is 10.3 Å². The summed E-state index contributed by atoms with van der Waals surface area (Å²) in [5, 5.41) is 4.24. The molecule has 0 radical (unpaired) electrons. The largest absolute Gasteiger partial charge is 0.382 e. The summed E-state index contributed by atoms with van der Waals surface area (Å²) in [6.45, 7) is 14.9. The van der Waals surface area contributed by atoms with E-state index in [2.05, 4.69) is 18.9 Å². The average molecular weight is 228 g/mol. The highest BCUT2D eigenvalue weighted by Gasteiger charge is 2.20. The summed E-state index contributed by atoms with van der Waals surface area (Å²) in [7, 11) is 1.71. The summed E-state index contributed by atoms with van der Waals surface area (Å²) in [5.74, 6) is 0. The normalized spacial score (nSPS) is 9.75. The number of hydrogen-bond acceptors (Lipinski definition) is 2. The average Bonchev–Trinajstić information content (AvgIpc) is 2.71. The molecule has 3 nitrogen and oxygen atoms in total. The Hall–Kier alpha value is -0.830. The maximum atomic E-state index is 5.11. The van der Waals surface area contributed by atoms with Crippen LogP contribution in [0.5, 0.6) is 0 Å². The van der Waals surface area contributed by atoms with Gasteiger partial charge in [-0.15, -0.1) is 0 Å². The zero-order valence-electron chi connectivity index (χ0n) is 12.2. The lowest BCUT2D eigenvalue weighted by molar-refractivity contribution is 0.101. The van der Waals surface area contributed by atoms with Gasteiger partial charge >= 0.3 is 0 Å². The zero-order chi connectivity index (χ0) is 13.2. The third-order valence-corrected chi connectivity index (χ3v) is 1.83. The summed E-state index contributed by atoms with van der Waals surface area (Å²) in [4.78, 5) is 0. The van der Waals surface area contributed by atoms with Gasteiger partial charge in [0.1, 0.15) is 0 Å². The summed E-state index contributed by atoms with van der Waals surface area (Å²) < 4.78 is 7.05. The van der Waals surface area contributed by atoms with Crippen LogP contribution in [-0.4, -0.2) is 23.5 Å². The van der Waals surface area contributed by atoms with Crippen LogP contribution in [0.1, 0.15) is 47.1 Å². The van der Waals surface area contributed by atoms with Crippen LogP contribution in [0.15, 0.2) is 12.4 Å². The number of nitrogens with zero attached hydrogens (tertiary/aromatic N) is 2. The smallest absolute Gasteiger partial charge is 0.0803 e. The molecule has 0 fully saturated rings. The van der Waals surface area contributed by atoms with Crippen molar-refractivity contribution in [2.45, 2.75) is 54.0 Å². The van der Waals surface area contributed by atoms with E-state index in [1.54, 1.807) is 7.11 Å². The Labute approximate surface area is 101 Å². The predicted octanol–water partition coefficient (Wildman–Crippen LogP) is 3.63. The number of aryl methyl sites for hydroxylation is 1. The Balaban J connectivity index is 0. The van der Waals surface area contributed by atoms with Crippen LogP contribution in [0, 0.1) is 6.92 Å². The Bertz CT molecular complexity index is 254. The summed E-state index contributed by atoms with van der Waals surface area (Å²) in [5.41, 5.74) is 1.13. The lowest BCUT2D eigenvalue weighted by Gasteiger charge is -2.24. The molecule has 0 spiro atoms. The van der Waals surface area contributed by atoms with Gasteiger partial charge in [-0.1, -0.05) is 27.7 Å². The lowest BCUT2D eigenvalue weighted by atomic mass is 10.1. The first-order valence-electron chi connectivity index (χ1n) is 6.07. The van der Waals surface area contributed by atoms with E-state index in [1.165, 1.54) is 5.56 Å². The van der Waals surface area contributed by atoms with E-state index in [0.717, 1.165) is 0 Å². The summed E-state index contributed by atoms with van der Waals surface area (Å²) >= 11 is 0. The fourth-order valence-electron chi connectivity index (χ4n) is 1.16. The second-order valence-electron chi connectivity index (χ2n) is 3.71. The van der Waals surface area contributed by atoms with E-state index in [0.29, 0.717) is 6.61 Å². The molecule has 1 aromatic heterocycles. The first kappa shape index (κ1) is 17.6. The quantitative estimate of drug-likeness (QED) is 0.790. The molecule has 0 bridgehead atoms. The minimum absolute atomic E-state index is 0.0526. The van der Waals surface area contributed by atoms with E-state index < -0.39 is 0 Å². The van der Waals surface area contributed by atoms with E-state index in [-0.39, 0.29) is 5.54 Å². The van der Waals surface area contributed by atoms with Crippen LogP contribution in [0.2, 0.25) is 0 Å². The van der Waals surface area contributed by atoms with Crippen LogP contribution in [0.4, 0.5) is 0 Å². The number of aromatic nitrogens is 2. The lowest BCUT2D eigenvalue weighted by Crippen LogP contribution is -2.31. The van der Waals surface area contributed by atoms with Crippen molar-refractivity contribution in [2.24, 2.45) is 0 Å². The van der Waals surface area contributed by atoms with Crippen molar-refractivity contribution >= 4 is 0 Å². The molecule has 96 valence electrons. The monoisotopic (exact) mass is 228 g/mol. The molecule has 0 amide bonds. The fourth-order valence-corrected chi connectivity index (χ4v) is 1.16. The Morgan fingerprint density at radius 3 is 2.06 bits per heavy atom. The molecule has 0 saturated carbocycles. The van der Waals surface area contributed by atoms with Gasteiger partial charge in [-0.2, -0.15) is 5.10 Å². The maximum absolute atomic E-state index is 5.11. The van der Waals surface area contributed by atoms with Gasteiger partial charge < -0.3 is 4.74 Å². The molecule has 3 heteroatoms. The minimum atomic E-state index is -0.0526. The number of rotatable bonds is 3. The zero-order valence-corrected chi connectivity index (χ0v) is 12.2. The fraction of sp³-hybridized carbons (Fsp3) is 0.769. The standard InChI is InChI=1S/C9H16N2O.2C2H6/c1-8-5-10-11(6-8)9(2,3)7-12-4;2*1-2/h5-6H,7H2,1-4H3;2*1-2H3. The molecular formula is C13H28N2O. The first-order chi connectivity index (χ1) is 7.56. The minimum Gasteiger partial charge on any atom is -0.382 e. The molecule has 16 heavy (non-hydrogen) atoms. The molecule has 0 atom stereocenters. The van der Waals surface area contributed by atoms with Crippen molar-refractivity contribution in [3.63, 3.8) is 0 Å². The second-order valence-corrected chi connectivity index (χ2v) is 3.71. The molecule has 0 N–H and O–H groups in total. The predicted molar refractivity (Wildman–Crippen MR) is 70.9 cm³/mol. The van der Waals surface area contributed by atoms with Gasteiger partial charge in [0.2, 0.25) is 0 Å². The van der Waals surface area contributed by atoms with E-state index in [1.807, 2.05) is 51.7 Å². The van der Waals surface area contributed by atoms with Gasteiger partial charge in [-0.25, -0.2) is 0 Å². The van der Waals surface area contributed by atoms with Gasteiger partial charge in [0, 0.05) is 13.3 Å². The van der Waals surface area contributed by atoms with E-state index in [9.17, 15) is 0 Å². The Morgan fingerprint density at radius 1 is 1.25 bits per heavy atom. The van der Waals surface area contributed by atoms with Crippen LogP contribution in [0.3, 0.4) is 0 Å². The van der Waals surface area contributed by atoms with Gasteiger partial charge in [0.05, 0.1) is 18.3 Å². The van der Waals surface area contributed by atoms with Crippen molar-refractivity contribution < 1.29 is 4.74 Å². The maximum Gasteiger partial charge on any atom is 0.0803 e. The molecule has 0 saturated heterocycles. The van der Waals surface area contributed by atoms with Crippen LogP contribution in [0.25, 0.3) is 0 Å². The number of methoxy groups -OCH3 is 1. The molecular weight excluding hydrogens is 200 g/mol. The molecule has 1 heterocycles. The number of hydrogen-bond donors (Lipinski definition) is 0. The van der Waals surface area contributed by atoms with Crippen LogP contribution < -0.4 is 0 Å².